The van der Waals surface area contributed by atoms with Crippen LogP contribution in [0.2, 0.25) is 0 Å². The molecule has 3 atom stereocenters. The number of ketones is 3. The van der Waals surface area contributed by atoms with E-state index in [1.165, 1.54) is 50.7 Å². The summed E-state index contributed by atoms with van der Waals surface area (Å²) >= 11 is 0. The number of phenols is 1. The first kappa shape index (κ1) is 30.3. The molecule has 3 N–H and O–H groups in total. The molecule has 0 heterocycles. The average molecular weight is 599 g/mol. The molecule has 7 nitrogen and oxygen atoms in total. The van der Waals surface area contributed by atoms with Crippen LogP contribution in [-0.2, 0) is 22.4 Å². The van der Waals surface area contributed by atoms with E-state index in [0.717, 1.165) is 17.5 Å². The number of hydrogen-bond donors (Lipinski definition) is 3. The summed E-state index contributed by atoms with van der Waals surface area (Å²) in [5.41, 5.74) is -0.697. The predicted molar refractivity (Wildman–Crippen MR) is 167 cm³/mol. The Morgan fingerprint density at radius 1 is 1.00 bits per heavy atom. The van der Waals surface area contributed by atoms with Crippen molar-refractivity contribution in [3.05, 3.63) is 69.5 Å². The second-order valence-electron chi connectivity index (χ2n) is 14.2. The van der Waals surface area contributed by atoms with Crippen LogP contribution in [0.4, 0.5) is 0 Å². The van der Waals surface area contributed by atoms with Crippen LogP contribution in [-0.4, -0.2) is 45.4 Å². The van der Waals surface area contributed by atoms with Gasteiger partial charge < -0.3 is 20.1 Å². The second kappa shape index (κ2) is 10.4. The van der Waals surface area contributed by atoms with Crippen molar-refractivity contribution in [2.24, 2.45) is 16.7 Å². The topological polar surface area (TPSA) is 121 Å². The van der Waals surface area contributed by atoms with E-state index in [2.05, 4.69) is 12.1 Å². The molecule has 6 rings (SSSR count). The third-order valence-electron chi connectivity index (χ3n) is 10.9. The number of aromatic hydroxyl groups is 1. The van der Waals surface area contributed by atoms with Crippen LogP contribution < -0.4 is 4.74 Å². The van der Waals surface area contributed by atoms with Crippen LogP contribution >= 0.6 is 0 Å². The SMILES string of the molecule is COc1ccc(CC2CCCCC2)cc1-c1ccc(O)c2c1C[C@]1(C)C[C@]3(C)CC(C)=C(C(C)=O)C(=O)[C@]3(O)C(O)=C1C2=O. The molecule has 0 unspecified atom stereocenters. The number of carbonyl (C=O) groups is 3. The van der Waals surface area contributed by atoms with Crippen molar-refractivity contribution in [3.8, 4) is 22.6 Å². The minimum atomic E-state index is -2.43. The summed E-state index contributed by atoms with van der Waals surface area (Å²) in [4.78, 5) is 40.5. The zero-order chi connectivity index (χ0) is 31.8. The number of aliphatic hydroxyl groups is 2. The molecule has 0 amide bonds. The van der Waals surface area contributed by atoms with Gasteiger partial charge in [0, 0.05) is 22.0 Å². The summed E-state index contributed by atoms with van der Waals surface area (Å²) in [5, 5.41) is 34.8. The lowest BCUT2D eigenvalue weighted by Gasteiger charge is -2.56. The number of Topliss-reactive ketones (excluding diaryl/α,β-unsaturated/α-hetero) is 3. The Hall–Kier alpha value is -3.71. The van der Waals surface area contributed by atoms with E-state index >= 15 is 0 Å². The fourth-order valence-electron chi connectivity index (χ4n) is 9.10. The highest BCUT2D eigenvalue weighted by atomic mass is 16.5. The maximum absolute atomic E-state index is 14.4. The summed E-state index contributed by atoms with van der Waals surface area (Å²) in [6.07, 6.45) is 7.92. The van der Waals surface area contributed by atoms with Crippen molar-refractivity contribution >= 4 is 17.3 Å². The van der Waals surface area contributed by atoms with Crippen molar-refractivity contribution in [1.82, 2.24) is 0 Å². The highest BCUT2D eigenvalue weighted by Gasteiger charge is 2.67. The lowest BCUT2D eigenvalue weighted by atomic mass is 9.48. The lowest BCUT2D eigenvalue weighted by molar-refractivity contribution is -0.157. The van der Waals surface area contributed by atoms with E-state index in [1.807, 2.05) is 19.1 Å². The molecule has 2 aromatic carbocycles. The minimum absolute atomic E-state index is 0.0511. The number of fused-ring (bicyclic) bond motifs is 3. The smallest absolute Gasteiger partial charge is 0.206 e. The van der Waals surface area contributed by atoms with Crippen molar-refractivity contribution in [2.75, 3.05) is 7.11 Å². The summed E-state index contributed by atoms with van der Waals surface area (Å²) in [6, 6.07) is 9.50. The van der Waals surface area contributed by atoms with Gasteiger partial charge in [-0.2, -0.15) is 0 Å². The van der Waals surface area contributed by atoms with Crippen molar-refractivity contribution in [3.63, 3.8) is 0 Å². The molecule has 0 radical (unpaired) electrons. The molecule has 7 heteroatoms. The maximum atomic E-state index is 14.4. The molecule has 1 fully saturated rings. The Balaban J connectivity index is 1.51. The van der Waals surface area contributed by atoms with Crippen molar-refractivity contribution < 1.29 is 34.4 Å². The number of rotatable bonds is 5. The first-order valence-corrected chi connectivity index (χ1v) is 15.7. The van der Waals surface area contributed by atoms with Crippen LogP contribution in [0.25, 0.3) is 11.1 Å². The molecule has 2 aromatic rings. The van der Waals surface area contributed by atoms with Crippen molar-refractivity contribution in [1.29, 1.82) is 0 Å². The first-order chi connectivity index (χ1) is 20.8. The molecular weight excluding hydrogens is 556 g/mol. The van der Waals surface area contributed by atoms with Crippen LogP contribution in [0, 0.1) is 16.7 Å². The Labute approximate surface area is 258 Å². The van der Waals surface area contributed by atoms with E-state index in [-0.39, 0.29) is 41.7 Å². The van der Waals surface area contributed by atoms with Crippen LogP contribution in [0.15, 0.2) is 52.8 Å². The zero-order valence-electron chi connectivity index (χ0n) is 26.3. The van der Waals surface area contributed by atoms with Gasteiger partial charge in [0.25, 0.3) is 0 Å². The second-order valence-corrected chi connectivity index (χ2v) is 14.2. The third kappa shape index (κ3) is 4.30. The average Bonchev–Trinajstić information content (AvgIpc) is 2.95. The summed E-state index contributed by atoms with van der Waals surface area (Å²) < 4.78 is 5.79. The molecular formula is C37H42O7. The van der Waals surface area contributed by atoms with Crippen LogP contribution in [0.3, 0.4) is 0 Å². The Kier molecular flexibility index (Phi) is 7.19. The zero-order valence-corrected chi connectivity index (χ0v) is 26.3. The monoisotopic (exact) mass is 598 g/mol. The van der Waals surface area contributed by atoms with Gasteiger partial charge in [-0.25, -0.2) is 0 Å². The number of phenolic OH excluding ortho intramolecular Hbond substituents is 1. The first-order valence-electron chi connectivity index (χ1n) is 15.7. The van der Waals surface area contributed by atoms with Gasteiger partial charge in [-0.1, -0.05) is 63.7 Å². The molecule has 4 aliphatic carbocycles. The highest BCUT2D eigenvalue weighted by molar-refractivity contribution is 6.25. The normalized spacial score (nSPS) is 28.9. The fourth-order valence-corrected chi connectivity index (χ4v) is 9.10. The number of methoxy groups -OCH3 is 1. The number of aliphatic hydroxyl groups excluding tert-OH is 1. The van der Waals surface area contributed by atoms with E-state index < -0.39 is 39.5 Å². The van der Waals surface area contributed by atoms with Gasteiger partial charge in [0.05, 0.1) is 18.2 Å². The highest BCUT2D eigenvalue weighted by Crippen LogP contribution is 2.63. The van der Waals surface area contributed by atoms with E-state index in [0.29, 0.717) is 22.8 Å². The molecule has 232 valence electrons. The number of benzene rings is 2. The third-order valence-corrected chi connectivity index (χ3v) is 10.9. The van der Waals surface area contributed by atoms with Gasteiger partial charge in [-0.3, -0.25) is 14.4 Å². The summed E-state index contributed by atoms with van der Waals surface area (Å²) in [7, 11) is 1.62. The Morgan fingerprint density at radius 2 is 1.70 bits per heavy atom. The number of allylic oxidation sites excluding steroid dienone is 2. The molecule has 0 aliphatic heterocycles. The fraction of sp³-hybridized carbons (Fsp3) is 0.486. The van der Waals surface area contributed by atoms with Gasteiger partial charge in [0.1, 0.15) is 17.3 Å². The molecule has 4 aliphatic rings. The molecule has 1 saturated carbocycles. The largest absolute Gasteiger partial charge is 0.508 e. The number of ether oxygens (including phenoxy) is 1. The number of carbonyl (C=O) groups excluding carboxylic acids is 3. The van der Waals surface area contributed by atoms with Gasteiger partial charge in [0.15, 0.2) is 17.2 Å². The van der Waals surface area contributed by atoms with Gasteiger partial charge in [0.2, 0.25) is 5.78 Å². The Morgan fingerprint density at radius 3 is 2.36 bits per heavy atom. The van der Waals surface area contributed by atoms with Gasteiger partial charge in [-0.05, 0) is 80.3 Å². The summed E-state index contributed by atoms with van der Waals surface area (Å²) in [5.74, 6) is -1.64. The van der Waals surface area contributed by atoms with E-state index in [1.54, 1.807) is 21.0 Å². The van der Waals surface area contributed by atoms with E-state index in [9.17, 15) is 29.7 Å². The van der Waals surface area contributed by atoms with Crippen LogP contribution in [0.5, 0.6) is 11.5 Å². The van der Waals surface area contributed by atoms with E-state index in [4.69, 9.17) is 4.74 Å². The Bertz CT molecular complexity index is 1670. The molecule has 0 saturated heterocycles. The molecule has 0 bridgehead atoms. The summed E-state index contributed by atoms with van der Waals surface area (Å²) in [6.45, 7) is 6.59. The van der Waals surface area contributed by atoms with Crippen LogP contribution in [0.1, 0.15) is 94.1 Å². The number of hydrogen-bond acceptors (Lipinski definition) is 7. The quantitative estimate of drug-likeness (QED) is 0.325. The lowest BCUT2D eigenvalue weighted by Crippen LogP contribution is -2.63. The molecule has 44 heavy (non-hydrogen) atoms. The van der Waals surface area contributed by atoms with Crippen molar-refractivity contribution in [2.45, 2.75) is 91.1 Å². The predicted octanol–water partition coefficient (Wildman–Crippen LogP) is 6.77. The minimum Gasteiger partial charge on any atom is -0.508 e. The van der Waals surface area contributed by atoms with Gasteiger partial charge in [-0.15, -0.1) is 0 Å². The van der Waals surface area contributed by atoms with Gasteiger partial charge >= 0.3 is 0 Å². The molecule has 0 spiro atoms. The molecule has 0 aromatic heterocycles. The standard InChI is InChI=1S/C37H42O7/c1-20-17-36(4)19-35(3)18-26-24(25-16-23(11-14-28(25)44-5)15-22-9-7-6-8-10-22)12-13-27(39)30(26)32(40)31(35)34(42)37(36,43)33(41)29(20)21(2)38/h11-14,16,22,39,42-43H,6-10,15,17-19H2,1-5H3/t35-,36+,37+/m1/s1. The maximum Gasteiger partial charge on any atom is 0.206 e.